The molecule has 1 aliphatic rings. The van der Waals surface area contributed by atoms with Crippen molar-refractivity contribution in [2.75, 3.05) is 6.54 Å². The predicted octanol–water partition coefficient (Wildman–Crippen LogP) is -0.758. The first-order chi connectivity index (χ1) is 7.72. The maximum atomic E-state index is 11.7. The lowest BCUT2D eigenvalue weighted by atomic mass is 9.99. The molecule has 5 heteroatoms. The maximum Gasteiger partial charge on any atom is 0.251 e. The average Bonchev–Trinajstić information content (AvgIpc) is 2.33. The van der Waals surface area contributed by atoms with Crippen molar-refractivity contribution in [1.29, 1.82) is 0 Å². The molecule has 2 amide bonds. The molecule has 0 aliphatic carbocycles. The van der Waals surface area contributed by atoms with Crippen molar-refractivity contribution in [3.63, 3.8) is 0 Å². The van der Waals surface area contributed by atoms with Gasteiger partial charge in [0, 0.05) is 12.1 Å². The Morgan fingerprint density at radius 2 is 2.06 bits per heavy atom. The molecule has 1 heterocycles. The van der Waals surface area contributed by atoms with Crippen LogP contribution < -0.4 is 16.4 Å². The number of hydrogen-bond donors (Lipinski definition) is 3. The average molecular weight is 219 g/mol. The Hall–Kier alpha value is -1.88. The van der Waals surface area contributed by atoms with Crippen molar-refractivity contribution < 1.29 is 9.59 Å². The quantitative estimate of drug-likeness (QED) is 0.584. The Morgan fingerprint density at radius 3 is 2.62 bits per heavy atom. The molecule has 0 bridgehead atoms. The summed E-state index contributed by atoms with van der Waals surface area (Å²) in [6.07, 6.45) is 0. The Morgan fingerprint density at radius 1 is 1.38 bits per heavy atom. The van der Waals surface area contributed by atoms with E-state index in [4.69, 9.17) is 5.73 Å². The number of benzene rings is 1. The molecule has 1 aliphatic heterocycles. The summed E-state index contributed by atoms with van der Waals surface area (Å²) < 4.78 is 0. The van der Waals surface area contributed by atoms with Crippen LogP contribution in [0.1, 0.15) is 10.4 Å². The molecule has 0 aromatic heterocycles. The van der Waals surface area contributed by atoms with E-state index in [0.29, 0.717) is 12.1 Å². The van der Waals surface area contributed by atoms with Gasteiger partial charge in [-0.15, -0.1) is 0 Å². The molecule has 1 aromatic carbocycles. The normalized spacial score (nSPS) is 23.2. The van der Waals surface area contributed by atoms with Gasteiger partial charge in [0.05, 0.1) is 6.04 Å². The van der Waals surface area contributed by atoms with Gasteiger partial charge in [0.2, 0.25) is 5.91 Å². The van der Waals surface area contributed by atoms with Crippen LogP contribution in [-0.2, 0) is 4.79 Å². The summed E-state index contributed by atoms with van der Waals surface area (Å²) in [4.78, 5) is 22.9. The zero-order valence-corrected chi connectivity index (χ0v) is 8.64. The third-order valence-corrected chi connectivity index (χ3v) is 2.59. The van der Waals surface area contributed by atoms with Gasteiger partial charge in [0.1, 0.15) is 6.04 Å². The van der Waals surface area contributed by atoms with Gasteiger partial charge < -0.3 is 16.4 Å². The molecule has 1 saturated heterocycles. The van der Waals surface area contributed by atoms with Gasteiger partial charge in [-0.3, -0.25) is 9.59 Å². The van der Waals surface area contributed by atoms with Gasteiger partial charge in [-0.25, -0.2) is 0 Å². The Balaban J connectivity index is 2.00. The first-order valence-corrected chi connectivity index (χ1v) is 5.08. The van der Waals surface area contributed by atoms with Gasteiger partial charge in [0.15, 0.2) is 0 Å². The summed E-state index contributed by atoms with van der Waals surface area (Å²) in [7, 11) is 0. The van der Waals surface area contributed by atoms with E-state index in [1.54, 1.807) is 24.3 Å². The molecule has 16 heavy (non-hydrogen) atoms. The van der Waals surface area contributed by atoms with Crippen molar-refractivity contribution in [3.05, 3.63) is 35.9 Å². The molecule has 84 valence electrons. The molecular weight excluding hydrogens is 206 g/mol. The number of carbonyl (C=O) groups is 2. The van der Waals surface area contributed by atoms with Crippen molar-refractivity contribution in [2.24, 2.45) is 5.73 Å². The van der Waals surface area contributed by atoms with Crippen molar-refractivity contribution in [3.8, 4) is 0 Å². The zero-order chi connectivity index (χ0) is 11.5. The molecule has 0 saturated carbocycles. The monoisotopic (exact) mass is 219 g/mol. The highest BCUT2D eigenvalue weighted by molar-refractivity contribution is 5.99. The first kappa shape index (κ1) is 10.6. The van der Waals surface area contributed by atoms with Gasteiger partial charge in [-0.2, -0.15) is 0 Å². The number of nitrogens with one attached hydrogen (secondary N) is 2. The Kier molecular flexibility index (Phi) is 2.87. The van der Waals surface area contributed by atoms with E-state index in [-0.39, 0.29) is 17.9 Å². The third-order valence-electron chi connectivity index (χ3n) is 2.59. The van der Waals surface area contributed by atoms with E-state index in [1.807, 2.05) is 6.07 Å². The van der Waals surface area contributed by atoms with Crippen LogP contribution in [-0.4, -0.2) is 30.4 Å². The van der Waals surface area contributed by atoms with E-state index >= 15 is 0 Å². The van der Waals surface area contributed by atoms with E-state index in [1.165, 1.54) is 0 Å². The molecule has 2 unspecified atom stereocenters. The van der Waals surface area contributed by atoms with Gasteiger partial charge in [-0.1, -0.05) is 18.2 Å². The number of nitrogens with two attached hydrogens (primary N) is 1. The summed E-state index contributed by atoms with van der Waals surface area (Å²) in [5.41, 5.74) is 5.97. The molecule has 4 N–H and O–H groups in total. The lowest BCUT2D eigenvalue weighted by molar-refractivity contribution is -0.131. The molecule has 0 spiro atoms. The Labute approximate surface area is 93.0 Å². The predicted molar refractivity (Wildman–Crippen MR) is 58.7 cm³/mol. The van der Waals surface area contributed by atoms with Crippen LogP contribution in [0.4, 0.5) is 0 Å². The van der Waals surface area contributed by atoms with Gasteiger partial charge in [0.25, 0.3) is 5.91 Å². The smallest absolute Gasteiger partial charge is 0.251 e. The minimum atomic E-state index is -0.502. The van der Waals surface area contributed by atoms with Crippen LogP contribution >= 0.6 is 0 Å². The minimum absolute atomic E-state index is 0.153. The van der Waals surface area contributed by atoms with Crippen LogP contribution in [0.2, 0.25) is 0 Å². The SMILES string of the molecule is NCC1NC(=O)C1NC(=O)c1ccccc1. The third kappa shape index (κ3) is 1.90. The molecule has 0 radical (unpaired) electrons. The summed E-state index contributed by atoms with van der Waals surface area (Å²) in [6, 6.07) is 8.12. The van der Waals surface area contributed by atoms with E-state index < -0.39 is 6.04 Å². The second-order valence-electron chi connectivity index (χ2n) is 3.67. The summed E-state index contributed by atoms with van der Waals surface area (Å²) in [6.45, 7) is 0.325. The van der Waals surface area contributed by atoms with Crippen molar-refractivity contribution >= 4 is 11.8 Å². The highest BCUT2D eigenvalue weighted by Crippen LogP contribution is 2.06. The van der Waals surface area contributed by atoms with Crippen LogP contribution in [0, 0.1) is 0 Å². The van der Waals surface area contributed by atoms with Gasteiger partial charge in [-0.05, 0) is 12.1 Å². The first-order valence-electron chi connectivity index (χ1n) is 5.08. The Bertz CT molecular complexity index is 405. The van der Waals surface area contributed by atoms with E-state index in [0.717, 1.165) is 0 Å². The van der Waals surface area contributed by atoms with Crippen molar-refractivity contribution in [1.82, 2.24) is 10.6 Å². The van der Waals surface area contributed by atoms with Crippen LogP contribution in [0.5, 0.6) is 0 Å². The number of rotatable bonds is 3. The molecule has 5 nitrogen and oxygen atoms in total. The van der Waals surface area contributed by atoms with E-state index in [9.17, 15) is 9.59 Å². The second-order valence-corrected chi connectivity index (χ2v) is 3.67. The molecular formula is C11H13N3O2. The number of hydrogen-bond acceptors (Lipinski definition) is 3. The van der Waals surface area contributed by atoms with E-state index in [2.05, 4.69) is 10.6 Å². The topological polar surface area (TPSA) is 84.2 Å². The fourth-order valence-electron chi connectivity index (χ4n) is 1.62. The molecule has 1 fully saturated rings. The summed E-state index contributed by atoms with van der Waals surface area (Å²) in [5, 5.41) is 5.27. The lowest BCUT2D eigenvalue weighted by Gasteiger charge is -2.36. The highest BCUT2D eigenvalue weighted by Gasteiger charge is 2.39. The maximum absolute atomic E-state index is 11.7. The fourth-order valence-corrected chi connectivity index (χ4v) is 1.62. The van der Waals surface area contributed by atoms with Crippen molar-refractivity contribution in [2.45, 2.75) is 12.1 Å². The summed E-state index contributed by atoms with van der Waals surface area (Å²) in [5.74, 6) is -0.432. The number of carbonyl (C=O) groups excluding carboxylic acids is 2. The van der Waals surface area contributed by atoms with Crippen LogP contribution in [0.3, 0.4) is 0 Å². The largest absolute Gasteiger partial charge is 0.348 e. The van der Waals surface area contributed by atoms with Crippen LogP contribution in [0.15, 0.2) is 30.3 Å². The summed E-state index contributed by atoms with van der Waals surface area (Å²) >= 11 is 0. The number of β-lactam (4-membered cyclic amide) rings is 1. The van der Waals surface area contributed by atoms with Gasteiger partial charge >= 0.3 is 0 Å². The zero-order valence-electron chi connectivity index (χ0n) is 8.64. The molecule has 1 aromatic rings. The molecule has 2 atom stereocenters. The second kappa shape index (κ2) is 4.32. The minimum Gasteiger partial charge on any atom is -0.348 e. The van der Waals surface area contributed by atoms with Crippen LogP contribution in [0.25, 0.3) is 0 Å². The standard InChI is InChI=1S/C11H13N3O2/c12-6-8-9(11(16)13-8)14-10(15)7-4-2-1-3-5-7/h1-5,8-9H,6,12H2,(H,13,16)(H,14,15). The highest BCUT2D eigenvalue weighted by atomic mass is 16.2. The molecule has 2 rings (SSSR count). The number of amides is 2. The fraction of sp³-hybridized carbons (Fsp3) is 0.273. The lowest BCUT2D eigenvalue weighted by Crippen LogP contribution is -2.71.